The van der Waals surface area contributed by atoms with Gasteiger partial charge in [0.15, 0.2) is 0 Å². The molecule has 5 heteroatoms. The molecule has 0 saturated heterocycles. The standard InChI is InChI=1S/C42H88O3SSi/c1-4-43-47(44-5-2,45-6-3)42-40-38-36-34-32-30-28-26-24-22-20-18-16-14-12-10-8-7-9-11-13-15-17-19-21-23-25-27-29-31-33-35-37-39-41-46/h46H,4-42H2,1-3H3. The molecule has 0 aromatic heterocycles. The number of hydrogen-bond donors (Lipinski definition) is 1. The van der Waals surface area contributed by atoms with Crippen LogP contribution in [0.1, 0.15) is 239 Å². The Kier molecular flexibility index (Phi) is 41.3. The maximum absolute atomic E-state index is 5.98. The van der Waals surface area contributed by atoms with Crippen molar-refractivity contribution in [2.45, 2.75) is 245 Å². The van der Waals surface area contributed by atoms with Gasteiger partial charge in [0.25, 0.3) is 0 Å². The minimum atomic E-state index is -2.42. The van der Waals surface area contributed by atoms with E-state index >= 15 is 0 Å². The van der Waals surface area contributed by atoms with Crippen LogP contribution in [0.4, 0.5) is 0 Å². The predicted molar refractivity (Wildman–Crippen MR) is 216 cm³/mol. The molecule has 0 atom stereocenters. The number of unbranched alkanes of at least 4 members (excludes halogenated alkanes) is 33. The summed E-state index contributed by atoms with van der Waals surface area (Å²) >= 11 is 4.29. The zero-order valence-corrected chi connectivity index (χ0v) is 34.6. The van der Waals surface area contributed by atoms with E-state index in [1.54, 1.807) is 0 Å². The molecule has 284 valence electrons. The van der Waals surface area contributed by atoms with Crippen LogP contribution in [-0.2, 0) is 13.3 Å². The van der Waals surface area contributed by atoms with E-state index in [1.165, 1.54) is 218 Å². The molecule has 0 rings (SSSR count). The van der Waals surface area contributed by atoms with Gasteiger partial charge in [-0.25, -0.2) is 0 Å². The van der Waals surface area contributed by atoms with Crippen molar-refractivity contribution in [1.82, 2.24) is 0 Å². The number of hydrogen-bond acceptors (Lipinski definition) is 4. The second-order valence-corrected chi connectivity index (χ2v) is 17.7. The summed E-state index contributed by atoms with van der Waals surface area (Å²) in [5.74, 6) is 1.06. The lowest BCUT2D eigenvalue weighted by Crippen LogP contribution is -2.45. The van der Waals surface area contributed by atoms with Crippen molar-refractivity contribution < 1.29 is 13.3 Å². The third-order valence-corrected chi connectivity index (χ3v) is 13.5. The summed E-state index contributed by atoms with van der Waals surface area (Å²) in [5.41, 5.74) is 0. The van der Waals surface area contributed by atoms with Gasteiger partial charge >= 0.3 is 8.80 Å². The molecule has 0 spiro atoms. The Morgan fingerprint density at radius 1 is 0.277 bits per heavy atom. The van der Waals surface area contributed by atoms with Crippen molar-refractivity contribution in [3.63, 3.8) is 0 Å². The summed E-state index contributed by atoms with van der Waals surface area (Å²) in [4.78, 5) is 0. The molecule has 0 heterocycles. The summed E-state index contributed by atoms with van der Waals surface area (Å²) in [7, 11) is -2.42. The average Bonchev–Trinajstić information content (AvgIpc) is 3.07. The SMILES string of the molecule is CCO[Si](CCCCCCCCCCCCCCCCCCCCCCCCCCCCCCCCCCCCS)(OCC)OCC. The predicted octanol–water partition coefficient (Wildman–Crippen LogP) is 15.2. The fraction of sp³-hybridized carbons (Fsp3) is 1.00. The molecule has 0 aromatic carbocycles. The quantitative estimate of drug-likeness (QED) is 0.0390. The van der Waals surface area contributed by atoms with E-state index in [9.17, 15) is 0 Å². The van der Waals surface area contributed by atoms with E-state index < -0.39 is 8.80 Å². The maximum atomic E-state index is 5.98. The molecular formula is C42H88O3SSi. The molecule has 0 bridgehead atoms. The number of rotatable bonds is 42. The summed E-state index contributed by atoms with van der Waals surface area (Å²) in [5, 5.41) is 0. The molecule has 0 N–H and O–H groups in total. The molecule has 0 fully saturated rings. The molecule has 0 aromatic rings. The van der Waals surface area contributed by atoms with Gasteiger partial charge in [0, 0.05) is 25.9 Å². The van der Waals surface area contributed by atoms with Crippen LogP contribution in [0, 0.1) is 0 Å². The van der Waals surface area contributed by atoms with Gasteiger partial charge in [-0.15, -0.1) is 0 Å². The third-order valence-electron chi connectivity index (χ3n) is 9.98. The molecule has 0 aliphatic rings. The summed E-state index contributed by atoms with van der Waals surface area (Å²) in [6.45, 7) is 8.19. The first-order valence-corrected chi connectivity index (χ1v) is 24.3. The highest BCUT2D eigenvalue weighted by molar-refractivity contribution is 7.80. The van der Waals surface area contributed by atoms with Crippen molar-refractivity contribution in [3.05, 3.63) is 0 Å². The van der Waals surface area contributed by atoms with Crippen molar-refractivity contribution in [1.29, 1.82) is 0 Å². The van der Waals surface area contributed by atoms with Crippen molar-refractivity contribution in [2.75, 3.05) is 25.6 Å². The largest absolute Gasteiger partial charge is 0.500 e. The second-order valence-electron chi connectivity index (χ2n) is 14.5. The highest BCUT2D eigenvalue weighted by atomic mass is 32.1. The van der Waals surface area contributed by atoms with Crippen molar-refractivity contribution in [2.24, 2.45) is 0 Å². The Labute approximate surface area is 304 Å². The first-order chi connectivity index (χ1) is 23.2. The van der Waals surface area contributed by atoms with Gasteiger partial charge < -0.3 is 13.3 Å². The maximum Gasteiger partial charge on any atom is 0.500 e. The Bertz CT molecular complexity index is 547. The lowest BCUT2D eigenvalue weighted by atomic mass is 10.0. The van der Waals surface area contributed by atoms with Gasteiger partial charge in [-0.1, -0.05) is 205 Å². The van der Waals surface area contributed by atoms with E-state index in [4.69, 9.17) is 13.3 Å². The Hall–Kier alpha value is 0.447. The van der Waals surface area contributed by atoms with Gasteiger partial charge in [0.1, 0.15) is 0 Å². The minimum Gasteiger partial charge on any atom is -0.374 e. The summed E-state index contributed by atoms with van der Waals surface area (Å²) in [6, 6.07) is 0.973. The lowest BCUT2D eigenvalue weighted by molar-refractivity contribution is 0.0706. The smallest absolute Gasteiger partial charge is 0.374 e. The van der Waals surface area contributed by atoms with Crippen molar-refractivity contribution >= 4 is 21.4 Å². The minimum absolute atomic E-state index is 0.686. The second kappa shape index (κ2) is 40.9. The summed E-state index contributed by atoms with van der Waals surface area (Å²) in [6.07, 6.45) is 48.9. The van der Waals surface area contributed by atoms with E-state index in [2.05, 4.69) is 12.6 Å². The molecule has 3 nitrogen and oxygen atoms in total. The van der Waals surface area contributed by atoms with E-state index in [-0.39, 0.29) is 0 Å². The zero-order valence-electron chi connectivity index (χ0n) is 32.7. The van der Waals surface area contributed by atoms with Crippen LogP contribution in [0.5, 0.6) is 0 Å². The lowest BCUT2D eigenvalue weighted by Gasteiger charge is -2.28. The molecular weight excluding hydrogens is 613 g/mol. The molecule has 0 aliphatic carbocycles. The van der Waals surface area contributed by atoms with Crippen LogP contribution in [0.15, 0.2) is 0 Å². The van der Waals surface area contributed by atoms with Crippen LogP contribution >= 0.6 is 12.6 Å². The van der Waals surface area contributed by atoms with Gasteiger partial charge in [0.2, 0.25) is 0 Å². The first kappa shape index (κ1) is 47.4. The number of thiol groups is 1. The van der Waals surface area contributed by atoms with E-state index in [0.29, 0.717) is 19.8 Å². The van der Waals surface area contributed by atoms with Crippen LogP contribution < -0.4 is 0 Å². The van der Waals surface area contributed by atoms with Crippen molar-refractivity contribution in [3.8, 4) is 0 Å². The van der Waals surface area contributed by atoms with Gasteiger partial charge in [-0.3, -0.25) is 0 Å². The molecule has 0 radical (unpaired) electrons. The summed E-state index contributed by atoms with van der Waals surface area (Å²) < 4.78 is 17.9. The monoisotopic (exact) mass is 701 g/mol. The highest BCUT2D eigenvalue weighted by Gasteiger charge is 2.39. The first-order valence-electron chi connectivity index (χ1n) is 21.8. The average molecular weight is 701 g/mol. The van der Waals surface area contributed by atoms with Gasteiger partial charge in [-0.05, 0) is 39.4 Å². The molecule has 0 saturated carbocycles. The molecule has 0 aliphatic heterocycles. The van der Waals surface area contributed by atoms with Gasteiger partial charge in [0.05, 0.1) is 0 Å². The fourth-order valence-electron chi connectivity index (χ4n) is 7.11. The van der Waals surface area contributed by atoms with Crippen LogP contribution in [0.2, 0.25) is 6.04 Å². The molecule has 47 heavy (non-hydrogen) atoms. The van der Waals surface area contributed by atoms with Crippen LogP contribution in [-0.4, -0.2) is 34.4 Å². The normalized spacial score (nSPS) is 12.0. The Morgan fingerprint density at radius 3 is 0.617 bits per heavy atom. The molecule has 0 amide bonds. The van der Waals surface area contributed by atoms with Gasteiger partial charge in [-0.2, -0.15) is 12.6 Å². The van der Waals surface area contributed by atoms with E-state index in [1.807, 2.05) is 20.8 Å². The van der Waals surface area contributed by atoms with E-state index in [0.717, 1.165) is 11.8 Å². The third kappa shape index (κ3) is 36.1. The Morgan fingerprint density at radius 2 is 0.447 bits per heavy atom. The topological polar surface area (TPSA) is 27.7 Å². The highest BCUT2D eigenvalue weighted by Crippen LogP contribution is 2.21. The fourth-order valence-corrected chi connectivity index (χ4v) is 10.0. The molecule has 0 unspecified atom stereocenters. The Balaban J connectivity index is 3.21. The van der Waals surface area contributed by atoms with Crippen LogP contribution in [0.25, 0.3) is 0 Å². The zero-order chi connectivity index (χ0) is 34.2. The van der Waals surface area contributed by atoms with Crippen LogP contribution in [0.3, 0.4) is 0 Å².